The van der Waals surface area contributed by atoms with Gasteiger partial charge in [0.1, 0.15) is 0 Å². The lowest BCUT2D eigenvalue weighted by Crippen LogP contribution is -2.07. The van der Waals surface area contributed by atoms with Crippen LogP contribution in [0.4, 0.5) is 0 Å². The van der Waals surface area contributed by atoms with Crippen molar-refractivity contribution in [2.24, 2.45) is 5.41 Å². The second-order valence-electron chi connectivity index (χ2n) is 2.83. The number of thiol groups is 1. The SMILES string of the molecule is C=CC(S)C1(C)CC1. The molecule has 1 rings (SSSR count). The summed E-state index contributed by atoms with van der Waals surface area (Å²) in [6.45, 7) is 5.95. The highest BCUT2D eigenvalue weighted by molar-refractivity contribution is 7.81. The molecule has 0 nitrogen and oxygen atoms in total. The predicted molar refractivity (Wildman–Crippen MR) is 40.3 cm³/mol. The van der Waals surface area contributed by atoms with Crippen LogP contribution in [-0.2, 0) is 0 Å². The average Bonchev–Trinajstić information content (AvgIpc) is 2.47. The molecule has 0 aromatic carbocycles. The van der Waals surface area contributed by atoms with Crippen molar-refractivity contribution < 1.29 is 0 Å². The number of rotatable bonds is 2. The van der Waals surface area contributed by atoms with E-state index in [-0.39, 0.29) is 0 Å². The van der Waals surface area contributed by atoms with E-state index in [0.29, 0.717) is 10.7 Å². The van der Waals surface area contributed by atoms with Gasteiger partial charge in [-0.05, 0) is 18.3 Å². The fourth-order valence-electron chi connectivity index (χ4n) is 0.777. The minimum absolute atomic E-state index is 0.419. The van der Waals surface area contributed by atoms with E-state index in [0.717, 1.165) is 0 Å². The van der Waals surface area contributed by atoms with E-state index in [1.807, 2.05) is 6.08 Å². The number of hydrogen-bond acceptors (Lipinski definition) is 1. The molecule has 1 atom stereocenters. The van der Waals surface area contributed by atoms with Crippen LogP contribution in [0.2, 0.25) is 0 Å². The molecule has 0 spiro atoms. The molecule has 0 aliphatic heterocycles. The Morgan fingerprint density at radius 3 is 2.38 bits per heavy atom. The summed E-state index contributed by atoms with van der Waals surface area (Å²) in [6.07, 6.45) is 4.58. The molecule has 1 unspecified atom stereocenters. The van der Waals surface area contributed by atoms with E-state index in [1.165, 1.54) is 12.8 Å². The molecule has 1 aliphatic carbocycles. The first kappa shape index (κ1) is 6.21. The van der Waals surface area contributed by atoms with Gasteiger partial charge in [-0.25, -0.2) is 0 Å². The van der Waals surface area contributed by atoms with E-state index in [1.54, 1.807) is 0 Å². The van der Waals surface area contributed by atoms with Gasteiger partial charge in [-0.3, -0.25) is 0 Å². The Morgan fingerprint density at radius 2 is 2.25 bits per heavy atom. The molecule has 1 heteroatoms. The van der Waals surface area contributed by atoms with E-state index < -0.39 is 0 Å². The Hall–Kier alpha value is 0.0900. The zero-order chi connectivity index (χ0) is 6.20. The van der Waals surface area contributed by atoms with Gasteiger partial charge in [0.15, 0.2) is 0 Å². The quantitative estimate of drug-likeness (QED) is 0.428. The molecule has 0 amide bonds. The largest absolute Gasteiger partial charge is 0.171 e. The van der Waals surface area contributed by atoms with E-state index >= 15 is 0 Å². The van der Waals surface area contributed by atoms with Crippen molar-refractivity contribution in [1.29, 1.82) is 0 Å². The highest BCUT2D eigenvalue weighted by Crippen LogP contribution is 2.50. The van der Waals surface area contributed by atoms with Crippen LogP contribution < -0.4 is 0 Å². The molecule has 1 fully saturated rings. The van der Waals surface area contributed by atoms with E-state index in [4.69, 9.17) is 0 Å². The fourth-order valence-corrected chi connectivity index (χ4v) is 1.04. The van der Waals surface area contributed by atoms with Crippen LogP contribution >= 0.6 is 12.6 Å². The minimum Gasteiger partial charge on any atom is -0.171 e. The lowest BCUT2D eigenvalue weighted by Gasteiger charge is -2.11. The summed E-state index contributed by atoms with van der Waals surface area (Å²) in [5, 5.41) is 0.419. The Labute approximate surface area is 56.4 Å². The molecule has 0 heterocycles. The van der Waals surface area contributed by atoms with Gasteiger partial charge in [0, 0.05) is 5.25 Å². The molecule has 8 heavy (non-hydrogen) atoms. The van der Waals surface area contributed by atoms with Crippen LogP contribution in [0.3, 0.4) is 0 Å². The standard InChI is InChI=1S/C7H12S/c1-3-6(8)7(2)4-5-7/h3,6,8H,1,4-5H2,2H3. The van der Waals surface area contributed by atoms with Crippen LogP contribution in [-0.4, -0.2) is 5.25 Å². The van der Waals surface area contributed by atoms with Crippen LogP contribution in [0.15, 0.2) is 12.7 Å². The molecule has 0 radical (unpaired) electrons. The average molecular weight is 128 g/mol. The number of hydrogen-bond donors (Lipinski definition) is 1. The molecular formula is C7H12S. The minimum atomic E-state index is 0.419. The van der Waals surface area contributed by atoms with Gasteiger partial charge >= 0.3 is 0 Å². The predicted octanol–water partition coefficient (Wildman–Crippen LogP) is 2.27. The third-order valence-corrected chi connectivity index (χ3v) is 2.81. The van der Waals surface area contributed by atoms with Crippen molar-refractivity contribution in [2.45, 2.75) is 25.0 Å². The first-order chi connectivity index (χ1) is 3.69. The van der Waals surface area contributed by atoms with Crippen LogP contribution in [0, 0.1) is 5.41 Å². The summed E-state index contributed by atoms with van der Waals surface area (Å²) in [4.78, 5) is 0. The second kappa shape index (κ2) is 1.80. The molecule has 0 aromatic heterocycles. The summed E-state index contributed by atoms with van der Waals surface area (Å²) < 4.78 is 0. The summed E-state index contributed by atoms with van der Waals surface area (Å²) in [5.74, 6) is 0. The molecule has 46 valence electrons. The Bertz CT molecular complexity index is 103. The first-order valence-corrected chi connectivity index (χ1v) is 3.51. The topological polar surface area (TPSA) is 0 Å². The summed E-state index contributed by atoms with van der Waals surface area (Å²) >= 11 is 4.35. The maximum atomic E-state index is 4.35. The molecule has 1 aliphatic rings. The van der Waals surface area contributed by atoms with Gasteiger partial charge in [0.2, 0.25) is 0 Å². The van der Waals surface area contributed by atoms with Gasteiger partial charge in [0.05, 0.1) is 0 Å². The second-order valence-corrected chi connectivity index (χ2v) is 3.39. The van der Waals surface area contributed by atoms with Crippen molar-refractivity contribution in [3.05, 3.63) is 12.7 Å². The van der Waals surface area contributed by atoms with E-state index in [9.17, 15) is 0 Å². The fraction of sp³-hybridized carbons (Fsp3) is 0.714. The van der Waals surface area contributed by atoms with Crippen molar-refractivity contribution in [2.75, 3.05) is 0 Å². The lowest BCUT2D eigenvalue weighted by molar-refractivity contribution is 0.602. The first-order valence-electron chi connectivity index (χ1n) is 3.00. The molecule has 0 saturated heterocycles. The summed E-state index contributed by atoms with van der Waals surface area (Å²) in [7, 11) is 0. The maximum Gasteiger partial charge on any atom is 0.0248 e. The van der Waals surface area contributed by atoms with Gasteiger partial charge in [-0.15, -0.1) is 6.58 Å². The zero-order valence-electron chi connectivity index (χ0n) is 5.22. The highest BCUT2D eigenvalue weighted by atomic mass is 32.1. The maximum absolute atomic E-state index is 4.35. The Balaban J connectivity index is 2.45. The van der Waals surface area contributed by atoms with Gasteiger partial charge in [-0.1, -0.05) is 13.0 Å². The van der Waals surface area contributed by atoms with Gasteiger partial charge in [0.25, 0.3) is 0 Å². The summed E-state index contributed by atoms with van der Waals surface area (Å²) in [5.41, 5.74) is 0.505. The van der Waals surface area contributed by atoms with Crippen molar-refractivity contribution in [3.8, 4) is 0 Å². The summed E-state index contributed by atoms with van der Waals surface area (Å²) in [6, 6.07) is 0. The van der Waals surface area contributed by atoms with Crippen molar-refractivity contribution >= 4 is 12.6 Å². The van der Waals surface area contributed by atoms with Crippen LogP contribution in [0.1, 0.15) is 19.8 Å². The van der Waals surface area contributed by atoms with Crippen molar-refractivity contribution in [1.82, 2.24) is 0 Å². The van der Waals surface area contributed by atoms with Crippen LogP contribution in [0.5, 0.6) is 0 Å². The Kier molecular flexibility index (Phi) is 1.40. The van der Waals surface area contributed by atoms with Gasteiger partial charge in [-0.2, -0.15) is 12.6 Å². The monoisotopic (exact) mass is 128 g/mol. The lowest BCUT2D eigenvalue weighted by atomic mass is 10.1. The highest BCUT2D eigenvalue weighted by Gasteiger charge is 2.41. The Morgan fingerprint density at radius 1 is 1.75 bits per heavy atom. The molecule has 0 aromatic rings. The normalized spacial score (nSPS) is 26.8. The molecule has 1 saturated carbocycles. The third-order valence-electron chi connectivity index (χ3n) is 1.98. The molecule has 0 N–H and O–H groups in total. The smallest absolute Gasteiger partial charge is 0.0248 e. The molecular weight excluding hydrogens is 116 g/mol. The van der Waals surface area contributed by atoms with Gasteiger partial charge < -0.3 is 0 Å². The molecule has 0 bridgehead atoms. The van der Waals surface area contributed by atoms with E-state index in [2.05, 4.69) is 26.1 Å². The van der Waals surface area contributed by atoms with Crippen molar-refractivity contribution in [3.63, 3.8) is 0 Å². The third kappa shape index (κ3) is 0.921. The zero-order valence-corrected chi connectivity index (χ0v) is 6.12. The van der Waals surface area contributed by atoms with Crippen LogP contribution in [0.25, 0.3) is 0 Å².